The molecule has 0 spiro atoms. The summed E-state index contributed by atoms with van der Waals surface area (Å²) in [5.41, 5.74) is -3.84. The number of ether oxygens (including phenoxy) is 6. The van der Waals surface area contributed by atoms with E-state index in [9.17, 15) is 66.4 Å². The Balaban J connectivity index is 1.04. The molecule has 390 valence electrons. The average Bonchev–Trinajstić information content (AvgIpc) is 3.28. The van der Waals surface area contributed by atoms with Crippen LogP contribution in [0.4, 0.5) is 0 Å². The number of aliphatic hydroxyl groups excluding tert-OH is 12. The fraction of sp³-hybridized carbons (Fsp3) is 0.938. The summed E-state index contributed by atoms with van der Waals surface area (Å²) in [5, 5.41) is 140. The lowest BCUT2D eigenvalue weighted by atomic mass is 9.33. The Labute approximate surface area is 396 Å². The number of aliphatic hydroxyl groups is 13. The minimum atomic E-state index is -1.90. The van der Waals surface area contributed by atoms with Crippen molar-refractivity contribution in [3.8, 4) is 0 Å². The van der Waals surface area contributed by atoms with Gasteiger partial charge in [0.05, 0.1) is 43.0 Å². The van der Waals surface area contributed by atoms with E-state index in [0.717, 1.165) is 18.4 Å². The number of hydrogen-bond donors (Lipinski definition) is 13. The lowest BCUT2D eigenvalue weighted by Gasteiger charge is -2.72. The van der Waals surface area contributed by atoms with Crippen LogP contribution in [0, 0.1) is 50.7 Å². The van der Waals surface area contributed by atoms with Crippen LogP contribution < -0.4 is 0 Å². The number of rotatable bonds is 9. The van der Waals surface area contributed by atoms with E-state index in [1.54, 1.807) is 6.92 Å². The van der Waals surface area contributed by atoms with Gasteiger partial charge in [-0.3, -0.25) is 4.79 Å². The first-order valence-electron chi connectivity index (χ1n) is 24.6. The van der Waals surface area contributed by atoms with E-state index in [0.29, 0.717) is 38.5 Å². The van der Waals surface area contributed by atoms with Gasteiger partial charge in [-0.1, -0.05) is 53.2 Å². The molecule has 7 fully saturated rings. The van der Waals surface area contributed by atoms with Crippen LogP contribution in [0.15, 0.2) is 11.6 Å². The van der Waals surface area contributed by atoms with Crippen LogP contribution in [0.25, 0.3) is 0 Å². The van der Waals surface area contributed by atoms with Crippen LogP contribution in [-0.2, 0) is 33.2 Å². The van der Waals surface area contributed by atoms with Crippen molar-refractivity contribution in [2.24, 2.45) is 50.7 Å². The fourth-order valence-corrected chi connectivity index (χ4v) is 15.3. The molecule has 20 heteroatoms. The van der Waals surface area contributed by atoms with Gasteiger partial charge in [0.2, 0.25) is 6.29 Å². The van der Waals surface area contributed by atoms with Gasteiger partial charge in [-0.25, -0.2) is 0 Å². The normalized spacial score (nSPS) is 55.7. The molecule has 3 saturated heterocycles. The van der Waals surface area contributed by atoms with E-state index in [1.807, 2.05) is 20.8 Å². The number of esters is 1. The molecule has 20 nitrogen and oxygen atoms in total. The Kier molecular flexibility index (Phi) is 14.3. The summed E-state index contributed by atoms with van der Waals surface area (Å²) in [5.74, 6) is -1.69. The highest BCUT2D eigenvalue weighted by molar-refractivity contribution is 5.79. The van der Waals surface area contributed by atoms with E-state index in [-0.39, 0.29) is 17.8 Å². The van der Waals surface area contributed by atoms with Crippen molar-refractivity contribution >= 4 is 5.97 Å². The molecule has 0 amide bonds. The first-order valence-corrected chi connectivity index (χ1v) is 24.6. The maximum absolute atomic E-state index is 15.0. The van der Waals surface area contributed by atoms with Gasteiger partial charge in [0.1, 0.15) is 73.2 Å². The molecular weight excluding hydrogens is 897 g/mol. The highest BCUT2D eigenvalue weighted by Gasteiger charge is 2.73. The largest absolute Gasteiger partial charge is 0.432 e. The first kappa shape index (κ1) is 52.8. The zero-order chi connectivity index (χ0) is 50.0. The van der Waals surface area contributed by atoms with Crippen molar-refractivity contribution in [3.63, 3.8) is 0 Å². The highest BCUT2D eigenvalue weighted by atomic mass is 16.7. The summed E-state index contributed by atoms with van der Waals surface area (Å²) in [4.78, 5) is 15.0. The zero-order valence-corrected chi connectivity index (χ0v) is 40.2. The molecule has 0 unspecified atom stereocenters. The molecular formula is C48H78O20. The standard InChI is InChI=1S/C48H78O20/c1-20-10-13-48(42(61)68-41-36(60)33(57)30(54)25(66-41)19-63-39-34(58)31(55)28(52)23(17-49)64-39)15-14-45(5)21(37(48)47(20,7)62)8-9-27-44(4)16-22(51)38(43(2,3)26(44)11-12-46(27,45)6)67-40-35(59)32(56)29(53)24(18-50)65-40/h8,20,22-41,49-60,62H,9-19H2,1-7H3/t20-,22-,23-,24-,25-,26-,27+,28-,29-,30-,31+,32+,33+,34-,35-,36-,37-,38+,39-,40+,41+,44+,45-,46-,47-,48+/m1/s1. The Hall–Kier alpha value is -1.51. The molecule has 0 bridgehead atoms. The highest BCUT2D eigenvalue weighted by Crippen LogP contribution is 2.76. The van der Waals surface area contributed by atoms with E-state index in [2.05, 4.69) is 26.8 Å². The Bertz CT molecular complexity index is 1860. The lowest BCUT2D eigenvalue weighted by Crippen LogP contribution is -2.70. The summed E-state index contributed by atoms with van der Waals surface area (Å²) in [6.07, 6.45) is -19.8. The summed E-state index contributed by atoms with van der Waals surface area (Å²) >= 11 is 0. The molecule has 8 aliphatic rings. The van der Waals surface area contributed by atoms with E-state index in [4.69, 9.17) is 28.4 Å². The molecule has 13 N–H and O–H groups in total. The maximum Gasteiger partial charge on any atom is 0.315 e. The van der Waals surface area contributed by atoms with Gasteiger partial charge in [-0.2, -0.15) is 0 Å². The van der Waals surface area contributed by atoms with Crippen molar-refractivity contribution in [1.29, 1.82) is 0 Å². The summed E-state index contributed by atoms with van der Waals surface area (Å²) in [7, 11) is 0. The van der Waals surface area contributed by atoms with Gasteiger partial charge in [0.25, 0.3) is 0 Å². The van der Waals surface area contributed by atoms with Crippen molar-refractivity contribution < 1.29 is 99.6 Å². The second-order valence-electron chi connectivity index (χ2n) is 23.3. The number of carbonyl (C=O) groups is 1. The van der Waals surface area contributed by atoms with Crippen LogP contribution in [-0.4, -0.2) is 202 Å². The van der Waals surface area contributed by atoms with Crippen molar-refractivity contribution in [2.75, 3.05) is 19.8 Å². The second-order valence-corrected chi connectivity index (χ2v) is 23.3. The Morgan fingerprint density at radius 1 is 0.662 bits per heavy atom. The molecule has 0 radical (unpaired) electrons. The SMILES string of the molecule is C[C@@H]1CC[C@]2(C(=O)O[C@@H]3O[C@H](CO[C@@H]4O[C@H](CO)[C@@H](O)[C@H](O)[C@H]4O)[C@@H](O)[C@H](O)[C@H]3O)CC[C@]3(C)C(=CC[C@H]4[C@@]5(C)C[C@@H](O)[C@H](O[C@@H]6O[C@H](CO)[C@@H](O)[C@H](O)[C@H]6O)C(C)(C)[C@H]5CC[C@]43C)[C@@H]2[C@]1(C)O. The van der Waals surface area contributed by atoms with Gasteiger partial charge in [-0.05, 0) is 97.7 Å². The van der Waals surface area contributed by atoms with E-state index >= 15 is 4.79 Å². The monoisotopic (exact) mass is 975 g/mol. The Morgan fingerprint density at radius 3 is 1.81 bits per heavy atom. The van der Waals surface area contributed by atoms with Crippen LogP contribution in [0.2, 0.25) is 0 Å². The minimum absolute atomic E-state index is 0.00241. The zero-order valence-electron chi connectivity index (χ0n) is 40.2. The number of hydrogen-bond acceptors (Lipinski definition) is 20. The molecule has 68 heavy (non-hydrogen) atoms. The number of fused-ring (bicyclic) bond motifs is 7. The molecule has 0 aromatic heterocycles. The van der Waals surface area contributed by atoms with Crippen molar-refractivity contribution in [1.82, 2.24) is 0 Å². The predicted octanol–water partition coefficient (Wildman–Crippen LogP) is -1.92. The third-order valence-electron chi connectivity index (χ3n) is 19.7. The molecule has 8 rings (SSSR count). The number of carbonyl (C=O) groups excluding carboxylic acids is 1. The molecule has 5 aliphatic carbocycles. The van der Waals surface area contributed by atoms with Gasteiger partial charge < -0.3 is 94.8 Å². The maximum atomic E-state index is 15.0. The molecule has 0 aromatic rings. The quantitative estimate of drug-likeness (QED) is 0.0681. The van der Waals surface area contributed by atoms with Crippen LogP contribution in [0.3, 0.4) is 0 Å². The lowest BCUT2D eigenvalue weighted by molar-refractivity contribution is -0.341. The van der Waals surface area contributed by atoms with Crippen LogP contribution in [0.1, 0.15) is 99.8 Å². The van der Waals surface area contributed by atoms with Gasteiger partial charge in [0, 0.05) is 5.92 Å². The average molecular weight is 975 g/mol. The molecule has 0 aromatic carbocycles. The third-order valence-corrected chi connectivity index (χ3v) is 19.7. The van der Waals surface area contributed by atoms with E-state index in [1.165, 1.54) is 0 Å². The number of allylic oxidation sites excluding steroid dienone is 1. The molecule has 3 aliphatic heterocycles. The topological polar surface area (TPSA) is 335 Å². The summed E-state index contributed by atoms with van der Waals surface area (Å²) < 4.78 is 35.0. The molecule has 26 atom stereocenters. The Morgan fingerprint density at radius 2 is 1.21 bits per heavy atom. The van der Waals surface area contributed by atoms with Gasteiger partial charge >= 0.3 is 5.97 Å². The second kappa shape index (κ2) is 18.5. The van der Waals surface area contributed by atoms with Crippen molar-refractivity contribution in [2.45, 2.75) is 210 Å². The minimum Gasteiger partial charge on any atom is -0.432 e. The van der Waals surface area contributed by atoms with Gasteiger partial charge in [0.15, 0.2) is 12.6 Å². The van der Waals surface area contributed by atoms with Crippen LogP contribution >= 0.6 is 0 Å². The first-order chi connectivity index (χ1) is 31.7. The smallest absolute Gasteiger partial charge is 0.315 e. The summed E-state index contributed by atoms with van der Waals surface area (Å²) in [6, 6.07) is 0. The predicted molar refractivity (Wildman–Crippen MR) is 233 cm³/mol. The van der Waals surface area contributed by atoms with E-state index < -0.39 is 169 Å². The molecule has 3 heterocycles. The summed E-state index contributed by atoms with van der Waals surface area (Å²) in [6.45, 7) is 12.6. The van der Waals surface area contributed by atoms with Crippen molar-refractivity contribution in [3.05, 3.63) is 11.6 Å². The third kappa shape index (κ3) is 7.89. The van der Waals surface area contributed by atoms with Crippen LogP contribution in [0.5, 0.6) is 0 Å². The fourth-order valence-electron chi connectivity index (χ4n) is 15.3. The molecule has 4 saturated carbocycles. The van der Waals surface area contributed by atoms with Gasteiger partial charge in [-0.15, -0.1) is 0 Å².